The second-order valence-electron chi connectivity index (χ2n) is 3.59. The van der Waals surface area contributed by atoms with Gasteiger partial charge in [0.25, 0.3) is 0 Å². The van der Waals surface area contributed by atoms with E-state index in [1.807, 2.05) is 4.90 Å². The molecule has 1 rings (SSSR count). The van der Waals surface area contributed by atoms with Crippen molar-refractivity contribution in [3.63, 3.8) is 0 Å². The van der Waals surface area contributed by atoms with E-state index < -0.39 is 0 Å². The molecule has 1 aliphatic rings. The molecule has 0 aromatic heterocycles. The van der Waals surface area contributed by atoms with E-state index in [1.54, 1.807) is 11.8 Å². The van der Waals surface area contributed by atoms with E-state index in [9.17, 15) is 4.79 Å². The Bertz CT molecular complexity index is 175. The molecular weight excluding hydrogens is 184 g/mol. The molecule has 76 valence electrons. The van der Waals surface area contributed by atoms with Crippen molar-refractivity contribution in [3.05, 3.63) is 0 Å². The largest absolute Gasteiger partial charge is 0.342 e. The minimum Gasteiger partial charge on any atom is -0.342 e. The molecule has 0 bridgehead atoms. The first-order valence-corrected chi connectivity index (χ1v) is 5.95. The number of nitrogens with two attached hydrogens (primary N) is 1. The fourth-order valence-corrected chi connectivity index (χ4v) is 2.21. The summed E-state index contributed by atoms with van der Waals surface area (Å²) in [7, 11) is 0. The van der Waals surface area contributed by atoms with Crippen molar-refractivity contribution in [3.8, 4) is 0 Å². The summed E-state index contributed by atoms with van der Waals surface area (Å²) in [5.41, 5.74) is 5.53. The maximum Gasteiger partial charge on any atom is 0.232 e. The molecule has 2 N–H and O–H groups in total. The number of nitrogens with zero attached hydrogens (tertiary/aromatic N) is 1. The SMILES string of the molecule is CC(CN)CN1CCCSCC1=O. The van der Waals surface area contributed by atoms with Gasteiger partial charge in [0.2, 0.25) is 5.91 Å². The lowest BCUT2D eigenvalue weighted by Crippen LogP contribution is -2.37. The van der Waals surface area contributed by atoms with E-state index in [0.29, 0.717) is 18.2 Å². The topological polar surface area (TPSA) is 46.3 Å². The minimum absolute atomic E-state index is 0.280. The zero-order valence-electron chi connectivity index (χ0n) is 8.16. The molecule has 1 fully saturated rings. The van der Waals surface area contributed by atoms with Crippen LogP contribution in [0.25, 0.3) is 0 Å². The predicted molar refractivity (Wildman–Crippen MR) is 56.7 cm³/mol. The fourth-order valence-electron chi connectivity index (χ4n) is 1.38. The third kappa shape index (κ3) is 3.56. The molecule has 0 saturated carbocycles. The molecule has 1 heterocycles. The number of hydrogen-bond donors (Lipinski definition) is 1. The van der Waals surface area contributed by atoms with Crippen molar-refractivity contribution in [1.29, 1.82) is 0 Å². The van der Waals surface area contributed by atoms with Crippen molar-refractivity contribution < 1.29 is 4.79 Å². The molecule has 1 aliphatic heterocycles. The van der Waals surface area contributed by atoms with Gasteiger partial charge in [-0.25, -0.2) is 0 Å². The summed E-state index contributed by atoms with van der Waals surface area (Å²) >= 11 is 1.74. The highest BCUT2D eigenvalue weighted by Gasteiger charge is 2.17. The molecule has 1 amide bonds. The Labute approximate surface area is 84.0 Å². The number of amides is 1. The Balaban J connectivity index is 2.40. The first-order chi connectivity index (χ1) is 6.24. The molecule has 1 atom stereocenters. The van der Waals surface area contributed by atoms with Crippen LogP contribution in [-0.4, -0.2) is 41.9 Å². The molecule has 0 aromatic carbocycles. The molecule has 4 heteroatoms. The molecule has 0 radical (unpaired) electrons. The minimum atomic E-state index is 0.280. The van der Waals surface area contributed by atoms with Gasteiger partial charge in [-0.05, 0) is 24.6 Å². The Morgan fingerprint density at radius 1 is 1.69 bits per heavy atom. The first-order valence-electron chi connectivity index (χ1n) is 4.79. The van der Waals surface area contributed by atoms with E-state index in [0.717, 1.165) is 25.3 Å². The van der Waals surface area contributed by atoms with Gasteiger partial charge in [0.15, 0.2) is 0 Å². The summed E-state index contributed by atoms with van der Waals surface area (Å²) in [6.45, 7) is 4.49. The number of thioether (sulfide) groups is 1. The van der Waals surface area contributed by atoms with Gasteiger partial charge in [0, 0.05) is 13.1 Å². The highest BCUT2D eigenvalue weighted by molar-refractivity contribution is 7.99. The highest BCUT2D eigenvalue weighted by atomic mass is 32.2. The van der Waals surface area contributed by atoms with Gasteiger partial charge in [-0.15, -0.1) is 0 Å². The number of hydrogen-bond acceptors (Lipinski definition) is 3. The number of carbonyl (C=O) groups is 1. The second-order valence-corrected chi connectivity index (χ2v) is 4.69. The van der Waals surface area contributed by atoms with Crippen LogP contribution in [0.5, 0.6) is 0 Å². The van der Waals surface area contributed by atoms with Crippen molar-refractivity contribution in [1.82, 2.24) is 4.90 Å². The monoisotopic (exact) mass is 202 g/mol. The van der Waals surface area contributed by atoms with Gasteiger partial charge in [-0.2, -0.15) is 11.8 Å². The average Bonchev–Trinajstić information content (AvgIpc) is 2.32. The lowest BCUT2D eigenvalue weighted by molar-refractivity contribution is -0.128. The molecule has 0 aliphatic carbocycles. The zero-order chi connectivity index (χ0) is 9.68. The van der Waals surface area contributed by atoms with Gasteiger partial charge in [-0.1, -0.05) is 6.92 Å². The molecule has 13 heavy (non-hydrogen) atoms. The Kier molecular flexibility index (Phi) is 4.59. The highest BCUT2D eigenvalue weighted by Crippen LogP contribution is 2.12. The number of carbonyl (C=O) groups excluding carboxylic acids is 1. The molecular formula is C9H18N2OS. The summed E-state index contributed by atoms with van der Waals surface area (Å²) in [4.78, 5) is 13.5. The van der Waals surface area contributed by atoms with E-state index in [4.69, 9.17) is 5.73 Å². The average molecular weight is 202 g/mol. The van der Waals surface area contributed by atoms with Crippen molar-refractivity contribution in [2.45, 2.75) is 13.3 Å². The summed E-state index contributed by atoms with van der Waals surface area (Å²) in [5, 5.41) is 0. The van der Waals surface area contributed by atoms with Gasteiger partial charge >= 0.3 is 0 Å². The molecule has 1 unspecified atom stereocenters. The van der Waals surface area contributed by atoms with Gasteiger partial charge in [0.05, 0.1) is 5.75 Å². The maximum atomic E-state index is 11.5. The van der Waals surface area contributed by atoms with Crippen LogP contribution in [-0.2, 0) is 4.79 Å². The molecule has 1 saturated heterocycles. The predicted octanol–water partition coefficient (Wildman–Crippen LogP) is 0.547. The van der Waals surface area contributed by atoms with Crippen molar-refractivity contribution in [2.24, 2.45) is 11.7 Å². The summed E-state index contributed by atoms with van der Waals surface area (Å²) in [6.07, 6.45) is 1.12. The van der Waals surface area contributed by atoms with E-state index in [-0.39, 0.29) is 5.91 Å². The van der Waals surface area contributed by atoms with E-state index in [1.165, 1.54) is 0 Å². The van der Waals surface area contributed by atoms with E-state index >= 15 is 0 Å². The zero-order valence-corrected chi connectivity index (χ0v) is 8.98. The Hall–Kier alpha value is -0.220. The number of rotatable bonds is 3. The lowest BCUT2D eigenvalue weighted by atomic mass is 10.1. The molecule has 0 aromatic rings. The van der Waals surface area contributed by atoms with Gasteiger partial charge in [-0.3, -0.25) is 4.79 Å². The summed E-state index contributed by atoms with van der Waals surface area (Å²) < 4.78 is 0. The van der Waals surface area contributed by atoms with E-state index in [2.05, 4.69) is 6.92 Å². The summed E-state index contributed by atoms with van der Waals surface area (Å²) in [6, 6.07) is 0. The second kappa shape index (κ2) is 5.50. The van der Waals surface area contributed by atoms with Crippen LogP contribution in [0.4, 0.5) is 0 Å². The van der Waals surface area contributed by atoms with Crippen LogP contribution in [0.1, 0.15) is 13.3 Å². The summed E-state index contributed by atoms with van der Waals surface area (Å²) in [5.74, 6) is 2.46. The van der Waals surface area contributed by atoms with Crippen LogP contribution in [0.3, 0.4) is 0 Å². The normalized spacial score (nSPS) is 21.4. The third-order valence-corrected chi connectivity index (χ3v) is 3.26. The molecule has 0 spiro atoms. The first kappa shape index (κ1) is 10.9. The van der Waals surface area contributed by atoms with Crippen LogP contribution in [0.15, 0.2) is 0 Å². The van der Waals surface area contributed by atoms with Crippen LogP contribution in [0.2, 0.25) is 0 Å². The van der Waals surface area contributed by atoms with Crippen LogP contribution >= 0.6 is 11.8 Å². The van der Waals surface area contributed by atoms with Crippen molar-refractivity contribution in [2.75, 3.05) is 31.1 Å². The maximum absolute atomic E-state index is 11.5. The third-order valence-electron chi connectivity index (χ3n) is 2.23. The standard InChI is InChI=1S/C9H18N2OS/c1-8(5-10)6-11-3-2-4-13-7-9(11)12/h8H,2-7,10H2,1H3. The van der Waals surface area contributed by atoms with Gasteiger partial charge in [0.1, 0.15) is 0 Å². The quantitative estimate of drug-likeness (QED) is 0.727. The van der Waals surface area contributed by atoms with Gasteiger partial charge < -0.3 is 10.6 Å². The van der Waals surface area contributed by atoms with Crippen molar-refractivity contribution >= 4 is 17.7 Å². The molecule has 3 nitrogen and oxygen atoms in total. The Morgan fingerprint density at radius 2 is 2.46 bits per heavy atom. The van der Waals surface area contributed by atoms with Crippen LogP contribution in [0, 0.1) is 5.92 Å². The smallest absolute Gasteiger partial charge is 0.232 e. The fraction of sp³-hybridized carbons (Fsp3) is 0.889. The Morgan fingerprint density at radius 3 is 3.15 bits per heavy atom. The van der Waals surface area contributed by atoms with Crippen LogP contribution < -0.4 is 5.73 Å². The lowest BCUT2D eigenvalue weighted by Gasteiger charge is -2.23.